The van der Waals surface area contributed by atoms with Crippen LogP contribution in [0.1, 0.15) is 5.56 Å². The van der Waals surface area contributed by atoms with Gasteiger partial charge in [-0.3, -0.25) is 9.36 Å². The Kier molecular flexibility index (Phi) is 4.87. The maximum absolute atomic E-state index is 11.8. The van der Waals surface area contributed by atoms with Crippen LogP contribution < -0.4 is 5.73 Å². The Morgan fingerprint density at radius 2 is 2.06 bits per heavy atom. The molecule has 1 aromatic carbocycles. The van der Waals surface area contributed by atoms with Gasteiger partial charge in [0.15, 0.2) is 0 Å². The molecule has 0 aliphatic carbocycles. The summed E-state index contributed by atoms with van der Waals surface area (Å²) in [6, 6.07) is 9.13. The van der Waals surface area contributed by atoms with Gasteiger partial charge in [-0.15, -0.1) is 0 Å². The summed E-state index contributed by atoms with van der Waals surface area (Å²) in [6.45, 7) is 0. The molecule has 0 saturated carbocycles. The molecule has 6 heteroatoms. The minimum absolute atomic E-state index is 0.256. The summed E-state index contributed by atoms with van der Waals surface area (Å²) in [6.07, 6.45) is -0.289. The third-order valence-electron chi connectivity index (χ3n) is 2.39. The molecule has 1 rings (SSSR count). The van der Waals surface area contributed by atoms with Crippen molar-refractivity contribution < 1.29 is 19.0 Å². The topological polar surface area (TPSA) is 89.6 Å². The second-order valence-electron chi connectivity index (χ2n) is 3.75. The molecular formula is C11H16NO4P. The highest BCUT2D eigenvalue weighted by molar-refractivity contribution is 7.59. The van der Waals surface area contributed by atoms with Gasteiger partial charge in [0, 0.05) is 0 Å². The van der Waals surface area contributed by atoms with Crippen LogP contribution in [0.3, 0.4) is 0 Å². The summed E-state index contributed by atoms with van der Waals surface area (Å²) >= 11 is 0. The quantitative estimate of drug-likeness (QED) is 0.605. The van der Waals surface area contributed by atoms with Gasteiger partial charge in [-0.1, -0.05) is 30.3 Å². The Balaban J connectivity index is 2.66. The summed E-state index contributed by atoms with van der Waals surface area (Å²) in [5, 5.41) is 0. The number of esters is 1. The first kappa shape index (κ1) is 13.9. The second kappa shape index (κ2) is 5.96. The molecule has 0 aromatic heterocycles. The summed E-state index contributed by atoms with van der Waals surface area (Å²) in [7, 11) is -2.55. The van der Waals surface area contributed by atoms with E-state index >= 15 is 0 Å². The number of carbonyl (C=O) groups is 1. The second-order valence-corrected chi connectivity index (χ2v) is 6.24. The van der Waals surface area contributed by atoms with Gasteiger partial charge in [-0.25, -0.2) is 0 Å². The fraction of sp³-hybridized carbons (Fsp3) is 0.364. The molecule has 0 fully saturated rings. The largest absolute Gasteiger partial charge is 0.469 e. The van der Waals surface area contributed by atoms with Crippen LogP contribution >= 0.6 is 7.37 Å². The van der Waals surface area contributed by atoms with Crippen molar-refractivity contribution in [3.63, 3.8) is 0 Å². The van der Waals surface area contributed by atoms with Crippen LogP contribution in [-0.2, 0) is 20.5 Å². The zero-order valence-electron chi connectivity index (χ0n) is 9.57. The zero-order valence-corrected chi connectivity index (χ0v) is 10.5. The minimum atomic E-state index is -3.72. The van der Waals surface area contributed by atoms with Gasteiger partial charge >= 0.3 is 5.97 Å². The van der Waals surface area contributed by atoms with Gasteiger partial charge in [0.05, 0.1) is 12.9 Å². The predicted molar refractivity (Wildman–Crippen MR) is 64.8 cm³/mol. The van der Waals surface area contributed by atoms with Crippen molar-refractivity contribution in [1.82, 2.24) is 0 Å². The number of benzene rings is 1. The molecule has 0 saturated heterocycles. The van der Waals surface area contributed by atoms with E-state index in [2.05, 4.69) is 4.74 Å². The summed E-state index contributed by atoms with van der Waals surface area (Å²) in [4.78, 5) is 20.6. The Labute approximate surface area is 100 Å². The molecule has 5 nitrogen and oxygen atoms in total. The highest BCUT2D eigenvalue weighted by Crippen LogP contribution is 2.44. The molecule has 1 unspecified atom stereocenters. The average molecular weight is 257 g/mol. The monoisotopic (exact) mass is 257 g/mol. The van der Waals surface area contributed by atoms with Crippen molar-refractivity contribution in [3.8, 4) is 0 Å². The van der Waals surface area contributed by atoms with Gasteiger partial charge in [0.1, 0.15) is 6.16 Å². The standard InChI is InChI=1S/C11H16NO4P/c1-16-11(13)8-17(14,15)10(12)7-9-5-3-2-4-6-9/h2-6,10H,7-8,12H2,1H3,(H,14,15)/t10-/m1/s1. The lowest BCUT2D eigenvalue weighted by atomic mass is 10.1. The number of ether oxygens (including phenoxy) is 1. The van der Waals surface area contributed by atoms with Crippen LogP contribution in [0.15, 0.2) is 30.3 Å². The fourth-order valence-corrected chi connectivity index (χ4v) is 2.59. The first-order valence-corrected chi connectivity index (χ1v) is 7.05. The van der Waals surface area contributed by atoms with Gasteiger partial charge in [0.2, 0.25) is 7.37 Å². The fourth-order valence-electron chi connectivity index (χ4n) is 1.37. The highest BCUT2D eigenvalue weighted by atomic mass is 31.2. The summed E-state index contributed by atoms with van der Waals surface area (Å²) in [5.41, 5.74) is 6.53. The highest BCUT2D eigenvalue weighted by Gasteiger charge is 2.31. The predicted octanol–water partition coefficient (Wildman–Crippen LogP) is 0.957. The van der Waals surface area contributed by atoms with Crippen molar-refractivity contribution in [2.45, 2.75) is 12.2 Å². The Hall–Kier alpha value is -1.16. The number of nitrogens with two attached hydrogens (primary N) is 1. The lowest BCUT2D eigenvalue weighted by Gasteiger charge is -2.18. The number of rotatable bonds is 5. The number of hydrogen-bond donors (Lipinski definition) is 2. The van der Waals surface area contributed by atoms with E-state index in [9.17, 15) is 14.3 Å². The van der Waals surface area contributed by atoms with Crippen LogP contribution in [-0.4, -0.2) is 29.9 Å². The lowest BCUT2D eigenvalue weighted by Crippen LogP contribution is -2.26. The molecule has 0 spiro atoms. The molecule has 94 valence electrons. The first-order valence-electron chi connectivity index (χ1n) is 5.13. The van der Waals surface area contributed by atoms with Gasteiger partial charge in [-0.05, 0) is 12.0 Å². The molecule has 0 heterocycles. The van der Waals surface area contributed by atoms with E-state index in [1.165, 1.54) is 7.11 Å². The van der Waals surface area contributed by atoms with Gasteiger partial charge < -0.3 is 15.4 Å². The Morgan fingerprint density at radius 3 is 2.59 bits per heavy atom. The van der Waals surface area contributed by atoms with Crippen LogP contribution in [0, 0.1) is 0 Å². The SMILES string of the molecule is COC(=O)CP(=O)(O)[C@@H](N)Cc1ccccc1. The van der Waals surface area contributed by atoms with E-state index in [1.807, 2.05) is 30.3 Å². The van der Waals surface area contributed by atoms with Crippen LogP contribution in [0.4, 0.5) is 0 Å². The molecule has 0 bridgehead atoms. The summed E-state index contributed by atoms with van der Waals surface area (Å²) < 4.78 is 16.2. The van der Waals surface area contributed by atoms with E-state index in [0.717, 1.165) is 5.56 Å². The maximum atomic E-state index is 11.8. The van der Waals surface area contributed by atoms with E-state index in [4.69, 9.17) is 5.73 Å². The normalized spacial score (nSPS) is 15.9. The van der Waals surface area contributed by atoms with Crippen molar-refractivity contribution in [1.29, 1.82) is 0 Å². The minimum Gasteiger partial charge on any atom is -0.469 e. The number of methoxy groups -OCH3 is 1. The van der Waals surface area contributed by atoms with Crippen LogP contribution in [0.25, 0.3) is 0 Å². The van der Waals surface area contributed by atoms with Crippen LogP contribution in [0.5, 0.6) is 0 Å². The third kappa shape index (κ3) is 4.30. The van der Waals surface area contributed by atoms with Crippen molar-refractivity contribution in [3.05, 3.63) is 35.9 Å². The molecule has 3 N–H and O–H groups in total. The third-order valence-corrected chi connectivity index (χ3v) is 4.32. The zero-order chi connectivity index (χ0) is 12.9. The van der Waals surface area contributed by atoms with E-state index < -0.39 is 25.3 Å². The molecule has 1 aromatic rings. The Morgan fingerprint density at radius 1 is 1.47 bits per heavy atom. The Bertz CT molecular complexity index is 421. The van der Waals surface area contributed by atoms with Crippen LogP contribution in [0.2, 0.25) is 0 Å². The first-order chi connectivity index (χ1) is 7.95. The molecule has 2 atom stereocenters. The van der Waals surface area contributed by atoms with Gasteiger partial charge in [-0.2, -0.15) is 0 Å². The number of hydrogen-bond acceptors (Lipinski definition) is 4. The molecule has 17 heavy (non-hydrogen) atoms. The average Bonchev–Trinajstić information content (AvgIpc) is 2.29. The molecular weight excluding hydrogens is 241 g/mol. The van der Waals surface area contributed by atoms with Crippen molar-refractivity contribution in [2.75, 3.05) is 13.3 Å². The molecule has 0 aliphatic rings. The number of carbonyl (C=O) groups excluding carboxylic acids is 1. The maximum Gasteiger partial charge on any atom is 0.315 e. The molecule has 0 aliphatic heterocycles. The van der Waals surface area contributed by atoms with Crippen molar-refractivity contribution >= 4 is 13.3 Å². The molecule has 0 radical (unpaired) electrons. The van der Waals surface area contributed by atoms with E-state index in [-0.39, 0.29) is 6.42 Å². The molecule has 0 amide bonds. The lowest BCUT2D eigenvalue weighted by molar-refractivity contribution is -0.137. The smallest absolute Gasteiger partial charge is 0.315 e. The van der Waals surface area contributed by atoms with E-state index in [1.54, 1.807) is 0 Å². The van der Waals surface area contributed by atoms with Crippen molar-refractivity contribution in [2.24, 2.45) is 5.73 Å². The summed E-state index contributed by atoms with van der Waals surface area (Å²) in [5.74, 6) is -1.68. The van der Waals surface area contributed by atoms with Gasteiger partial charge in [0.25, 0.3) is 0 Å². The van der Waals surface area contributed by atoms with E-state index in [0.29, 0.717) is 0 Å².